The summed E-state index contributed by atoms with van der Waals surface area (Å²) in [5.74, 6) is -2.10. The predicted molar refractivity (Wildman–Crippen MR) is 117 cm³/mol. The first-order valence-electron chi connectivity index (χ1n) is 10.4. The molecule has 0 aliphatic heterocycles. The average Bonchev–Trinajstić information content (AvgIpc) is 3.48. The maximum absolute atomic E-state index is 13.5. The van der Waals surface area contributed by atoms with Crippen LogP contribution in [-0.2, 0) is 19.5 Å². The van der Waals surface area contributed by atoms with E-state index in [-0.39, 0.29) is 24.5 Å². The molecule has 1 aliphatic carbocycles. The van der Waals surface area contributed by atoms with Gasteiger partial charge in [0.15, 0.2) is 11.6 Å². The lowest BCUT2D eigenvalue weighted by molar-refractivity contribution is 0.0945. The summed E-state index contributed by atoms with van der Waals surface area (Å²) < 4.78 is 33.5. The van der Waals surface area contributed by atoms with Crippen LogP contribution in [0.25, 0.3) is 5.57 Å². The second-order valence-electron chi connectivity index (χ2n) is 7.61. The predicted octanol–water partition coefficient (Wildman–Crippen LogP) is 2.87. The molecule has 34 heavy (non-hydrogen) atoms. The number of carbonyl (C=O) groups is 1. The van der Waals surface area contributed by atoms with Crippen LogP contribution < -0.4 is 10.9 Å². The summed E-state index contributed by atoms with van der Waals surface area (Å²) in [6, 6.07) is 10.0. The van der Waals surface area contributed by atoms with Crippen LogP contribution in [0.1, 0.15) is 39.0 Å². The number of nitrogens with one attached hydrogen (secondary N) is 1. The first-order valence-corrected chi connectivity index (χ1v) is 10.4. The number of hydrogen-bond acceptors (Lipinski definition) is 6. The van der Waals surface area contributed by atoms with Crippen LogP contribution in [0.5, 0.6) is 0 Å². The fourth-order valence-electron chi connectivity index (χ4n) is 3.71. The number of halogens is 2. The molecule has 0 spiro atoms. The van der Waals surface area contributed by atoms with Crippen LogP contribution in [0.3, 0.4) is 0 Å². The van der Waals surface area contributed by atoms with Crippen LogP contribution in [0.4, 0.5) is 8.78 Å². The standard InChI is InChI=1S/C24H17F2N5O3/c25-18-7-5-14(11-19(18)26)13-31-10-2-4-17(24(31)33)22(32)28-12-21-29-30-23(34-21)16-6-8-20-15(16)3-1-9-27-20/h1-7,9-11H,8,12-13H2,(H,28,32). The van der Waals surface area contributed by atoms with E-state index in [0.717, 1.165) is 29.0 Å². The molecule has 0 unspecified atom stereocenters. The van der Waals surface area contributed by atoms with Crippen molar-refractivity contribution in [3.8, 4) is 0 Å². The fraction of sp³-hybridized carbons (Fsp3) is 0.125. The van der Waals surface area contributed by atoms with Gasteiger partial charge in [-0.05, 0) is 35.9 Å². The number of amides is 1. The highest BCUT2D eigenvalue weighted by Crippen LogP contribution is 2.30. The lowest BCUT2D eigenvalue weighted by Crippen LogP contribution is -2.32. The van der Waals surface area contributed by atoms with Crippen molar-refractivity contribution in [1.29, 1.82) is 0 Å². The average molecular weight is 461 g/mol. The number of fused-ring (bicyclic) bond motifs is 1. The van der Waals surface area contributed by atoms with Crippen LogP contribution in [-0.4, -0.2) is 25.7 Å². The topological polar surface area (TPSA) is 103 Å². The van der Waals surface area contributed by atoms with Gasteiger partial charge in [0.1, 0.15) is 5.56 Å². The molecule has 5 rings (SSSR count). The molecule has 0 fully saturated rings. The van der Waals surface area contributed by atoms with Gasteiger partial charge >= 0.3 is 0 Å². The Kier molecular flexibility index (Phi) is 5.54. The van der Waals surface area contributed by atoms with E-state index in [2.05, 4.69) is 20.5 Å². The van der Waals surface area contributed by atoms with Crippen LogP contribution in [0.15, 0.2) is 70.1 Å². The van der Waals surface area contributed by atoms with Gasteiger partial charge in [-0.1, -0.05) is 18.2 Å². The summed E-state index contributed by atoms with van der Waals surface area (Å²) in [6.45, 7) is -0.0911. The third-order valence-corrected chi connectivity index (χ3v) is 5.38. The number of pyridine rings is 2. The van der Waals surface area contributed by atoms with E-state index in [9.17, 15) is 18.4 Å². The van der Waals surface area contributed by atoms with Gasteiger partial charge in [-0.3, -0.25) is 14.6 Å². The quantitative estimate of drug-likeness (QED) is 0.474. The minimum absolute atomic E-state index is 0.0182. The second kappa shape index (κ2) is 8.81. The molecular formula is C24H17F2N5O3. The monoisotopic (exact) mass is 461 g/mol. The van der Waals surface area contributed by atoms with Crippen molar-refractivity contribution in [3.63, 3.8) is 0 Å². The van der Waals surface area contributed by atoms with Crippen molar-refractivity contribution in [2.24, 2.45) is 0 Å². The molecule has 3 heterocycles. The highest BCUT2D eigenvalue weighted by molar-refractivity contribution is 5.93. The third kappa shape index (κ3) is 4.13. The Hall–Kier alpha value is -4.47. The van der Waals surface area contributed by atoms with Gasteiger partial charge in [0.05, 0.1) is 18.8 Å². The van der Waals surface area contributed by atoms with E-state index < -0.39 is 23.1 Å². The lowest BCUT2D eigenvalue weighted by Gasteiger charge is -2.09. The zero-order valence-corrected chi connectivity index (χ0v) is 17.7. The maximum Gasteiger partial charge on any atom is 0.263 e. The highest BCUT2D eigenvalue weighted by atomic mass is 19.2. The number of allylic oxidation sites excluding steroid dienone is 1. The molecule has 1 aliphatic rings. The van der Waals surface area contributed by atoms with Crippen molar-refractivity contribution < 1.29 is 18.0 Å². The minimum Gasteiger partial charge on any atom is -0.419 e. The number of aromatic nitrogens is 4. The number of benzene rings is 1. The van der Waals surface area contributed by atoms with E-state index in [0.29, 0.717) is 17.9 Å². The van der Waals surface area contributed by atoms with Crippen molar-refractivity contribution in [1.82, 2.24) is 25.1 Å². The van der Waals surface area contributed by atoms with Gasteiger partial charge in [-0.2, -0.15) is 0 Å². The second-order valence-corrected chi connectivity index (χ2v) is 7.61. The van der Waals surface area contributed by atoms with E-state index in [4.69, 9.17) is 4.42 Å². The van der Waals surface area contributed by atoms with Crippen LogP contribution >= 0.6 is 0 Å². The molecule has 0 atom stereocenters. The molecule has 1 N–H and O–H groups in total. The molecule has 10 heteroatoms. The molecule has 170 valence electrons. The normalized spacial score (nSPS) is 12.4. The van der Waals surface area contributed by atoms with Gasteiger partial charge in [0, 0.05) is 30.0 Å². The minimum atomic E-state index is -1.01. The van der Waals surface area contributed by atoms with E-state index in [1.54, 1.807) is 6.20 Å². The van der Waals surface area contributed by atoms with Crippen molar-refractivity contribution >= 4 is 11.5 Å². The molecule has 1 amide bonds. The maximum atomic E-state index is 13.5. The summed E-state index contributed by atoms with van der Waals surface area (Å²) in [7, 11) is 0. The third-order valence-electron chi connectivity index (χ3n) is 5.38. The molecular weight excluding hydrogens is 444 g/mol. The van der Waals surface area contributed by atoms with Crippen LogP contribution in [0, 0.1) is 11.6 Å². The molecule has 0 saturated carbocycles. The van der Waals surface area contributed by atoms with Crippen molar-refractivity contribution in [2.75, 3.05) is 0 Å². The summed E-state index contributed by atoms with van der Waals surface area (Å²) in [4.78, 5) is 29.7. The zero-order valence-electron chi connectivity index (χ0n) is 17.7. The summed E-state index contributed by atoms with van der Waals surface area (Å²) in [5, 5.41) is 10.6. The van der Waals surface area contributed by atoms with E-state index >= 15 is 0 Å². The summed E-state index contributed by atoms with van der Waals surface area (Å²) in [5.41, 5.74) is 2.34. The van der Waals surface area contributed by atoms with Crippen LogP contribution in [0.2, 0.25) is 0 Å². The largest absolute Gasteiger partial charge is 0.419 e. The smallest absolute Gasteiger partial charge is 0.263 e. The Morgan fingerprint density at radius 2 is 2.00 bits per heavy atom. The Balaban J connectivity index is 1.27. The van der Waals surface area contributed by atoms with Gasteiger partial charge in [-0.15, -0.1) is 10.2 Å². The first-order chi connectivity index (χ1) is 16.5. The molecule has 8 nitrogen and oxygen atoms in total. The number of rotatable bonds is 6. The van der Waals surface area contributed by atoms with Crippen molar-refractivity contribution in [2.45, 2.75) is 19.5 Å². The number of carbonyl (C=O) groups excluding carboxylic acids is 1. The van der Waals surface area contributed by atoms with Gasteiger partial charge < -0.3 is 14.3 Å². The molecule has 0 saturated heterocycles. The zero-order chi connectivity index (χ0) is 23.7. The Morgan fingerprint density at radius 3 is 2.85 bits per heavy atom. The van der Waals surface area contributed by atoms with Crippen molar-refractivity contribution in [3.05, 3.63) is 117 Å². The van der Waals surface area contributed by atoms with E-state index in [1.165, 1.54) is 29.0 Å². The molecule has 3 aromatic heterocycles. The Bertz CT molecular complexity index is 1490. The molecule has 4 aromatic rings. The Labute approximate surface area is 191 Å². The van der Waals surface area contributed by atoms with Gasteiger partial charge in [0.25, 0.3) is 11.5 Å². The molecule has 0 radical (unpaired) electrons. The van der Waals surface area contributed by atoms with Gasteiger partial charge in [0.2, 0.25) is 11.8 Å². The lowest BCUT2D eigenvalue weighted by atomic mass is 10.1. The molecule has 0 bridgehead atoms. The highest BCUT2D eigenvalue weighted by Gasteiger charge is 2.21. The first kappa shape index (κ1) is 21.4. The summed E-state index contributed by atoms with van der Waals surface area (Å²) in [6.07, 6.45) is 5.81. The number of nitrogens with zero attached hydrogens (tertiary/aromatic N) is 4. The molecule has 1 aromatic carbocycles. The fourth-order valence-corrected chi connectivity index (χ4v) is 3.71. The summed E-state index contributed by atoms with van der Waals surface area (Å²) >= 11 is 0. The number of hydrogen-bond donors (Lipinski definition) is 1. The van der Waals surface area contributed by atoms with E-state index in [1.807, 2.05) is 18.2 Å². The SMILES string of the molecule is O=C(NCc1nnc(C2=CCc3ncccc32)o1)c1cccn(Cc2ccc(F)c(F)c2)c1=O. The van der Waals surface area contributed by atoms with Gasteiger partial charge in [-0.25, -0.2) is 8.78 Å². The Morgan fingerprint density at radius 1 is 1.12 bits per heavy atom.